The number of rotatable bonds is 4. The number of carbonyl (C=O) groups excluding carboxylic acids is 1. The quantitative estimate of drug-likeness (QED) is 0.394. The van der Waals surface area contributed by atoms with Gasteiger partial charge in [-0.05, 0) is 82.3 Å². The number of sulfonamides is 1. The number of carbonyl (C=O) groups is 1. The molecule has 4 bridgehead atoms. The van der Waals surface area contributed by atoms with Crippen molar-refractivity contribution in [2.45, 2.75) is 103 Å². The van der Waals surface area contributed by atoms with E-state index in [1.54, 1.807) is 13.1 Å². The van der Waals surface area contributed by atoms with Crippen LogP contribution in [0.3, 0.4) is 0 Å². The summed E-state index contributed by atoms with van der Waals surface area (Å²) in [5.74, 6) is -0.113. The highest BCUT2D eigenvalue weighted by molar-refractivity contribution is 7.92. The molecular formula is C33H46N6O5S. The lowest BCUT2D eigenvalue weighted by Crippen LogP contribution is -2.53. The van der Waals surface area contributed by atoms with Crippen LogP contribution < -0.4 is 9.46 Å². The second-order valence-electron chi connectivity index (χ2n) is 14.4. The van der Waals surface area contributed by atoms with Crippen molar-refractivity contribution in [1.82, 2.24) is 24.6 Å². The van der Waals surface area contributed by atoms with Crippen molar-refractivity contribution >= 4 is 21.9 Å². The largest absolute Gasteiger partial charge is 0.475 e. The minimum Gasteiger partial charge on any atom is -0.475 e. The van der Waals surface area contributed by atoms with Crippen molar-refractivity contribution < 1.29 is 23.1 Å². The molecule has 1 fully saturated rings. The van der Waals surface area contributed by atoms with E-state index in [0.29, 0.717) is 25.0 Å². The third kappa shape index (κ3) is 7.17. The Kier molecular flexibility index (Phi) is 8.78. The Hall–Kier alpha value is -3.51. The molecule has 0 spiro atoms. The minimum absolute atomic E-state index is 0.124. The number of benzene rings is 1. The summed E-state index contributed by atoms with van der Waals surface area (Å²) in [5, 5.41) is 14.7. The molecule has 2 N–H and O–H groups in total. The minimum atomic E-state index is -4.25. The van der Waals surface area contributed by atoms with Gasteiger partial charge in [0.25, 0.3) is 15.9 Å². The highest BCUT2D eigenvalue weighted by Crippen LogP contribution is 2.38. The molecule has 1 amide bonds. The number of nitrogens with one attached hydrogen (secondary N) is 1. The van der Waals surface area contributed by atoms with Crippen molar-refractivity contribution in [3.05, 3.63) is 47.2 Å². The molecule has 0 radical (unpaired) electrons. The molecule has 45 heavy (non-hydrogen) atoms. The Balaban J connectivity index is 1.64. The van der Waals surface area contributed by atoms with E-state index in [2.05, 4.69) is 40.6 Å². The Bertz CT molecular complexity index is 1660. The van der Waals surface area contributed by atoms with E-state index in [1.807, 2.05) is 50.8 Å². The molecule has 2 aromatic heterocycles. The topological polar surface area (TPSA) is 140 Å². The van der Waals surface area contributed by atoms with Gasteiger partial charge >= 0.3 is 0 Å². The van der Waals surface area contributed by atoms with Gasteiger partial charge in [-0.2, -0.15) is 18.5 Å². The van der Waals surface area contributed by atoms with E-state index in [-0.39, 0.29) is 58.5 Å². The van der Waals surface area contributed by atoms with Crippen LogP contribution in [0.1, 0.15) is 88.3 Å². The number of aliphatic hydroxyl groups is 1. The van der Waals surface area contributed by atoms with Crippen molar-refractivity contribution in [2.24, 2.45) is 18.4 Å². The maximum atomic E-state index is 14.5. The fourth-order valence-electron chi connectivity index (χ4n) is 6.78. The number of aromatic nitrogens is 4. The second-order valence-corrected chi connectivity index (χ2v) is 16.0. The van der Waals surface area contributed by atoms with Gasteiger partial charge in [0.2, 0.25) is 11.8 Å². The van der Waals surface area contributed by atoms with Gasteiger partial charge in [-0.25, -0.2) is 9.71 Å². The zero-order chi connectivity index (χ0) is 32.9. The number of aryl methyl sites for hydroxylation is 3. The summed E-state index contributed by atoms with van der Waals surface area (Å²) >= 11 is 0. The molecule has 11 nitrogen and oxygen atoms in total. The lowest BCUT2D eigenvalue weighted by atomic mass is 9.76. The summed E-state index contributed by atoms with van der Waals surface area (Å²) in [6, 6.07) is 8.47. The molecule has 1 aliphatic heterocycles. The van der Waals surface area contributed by atoms with Crippen LogP contribution in [0.25, 0.3) is 11.3 Å². The van der Waals surface area contributed by atoms with Gasteiger partial charge in [-0.1, -0.05) is 39.0 Å². The maximum absolute atomic E-state index is 14.5. The standard InChI is InChI=1S/C33H46N6O5S/c1-20-10-9-11-21(2)29(20)25-16-27-35-31(34-25)37-45(42,43)28-17-26(38(8)36-28)30(40)39(24(19-44-27)18-32(3,4)5)23-14-12-22(13-15-23)33(6,7)41/h9-11,16-17,22-24,41H,12-15,18-19H2,1-8H3,(H,34,35,37)/t22?,23?,24-/m1/s1. The summed E-state index contributed by atoms with van der Waals surface area (Å²) in [4.78, 5) is 25.4. The number of hydrogen-bond acceptors (Lipinski definition) is 8. The van der Waals surface area contributed by atoms with E-state index in [1.165, 1.54) is 10.7 Å². The fraction of sp³-hybridized carbons (Fsp3) is 0.576. The fourth-order valence-corrected chi connectivity index (χ4v) is 7.72. The van der Waals surface area contributed by atoms with E-state index >= 15 is 0 Å². The van der Waals surface area contributed by atoms with Crippen molar-refractivity contribution in [3.63, 3.8) is 0 Å². The Morgan fingerprint density at radius 1 is 1.02 bits per heavy atom. The summed E-state index contributed by atoms with van der Waals surface area (Å²) in [5.41, 5.74) is 2.54. The van der Waals surface area contributed by atoms with Gasteiger partial charge in [0.05, 0.1) is 17.3 Å². The molecule has 1 aliphatic carbocycles. The number of fused-ring (bicyclic) bond motifs is 4. The van der Waals surface area contributed by atoms with Gasteiger partial charge in [-0.15, -0.1) is 0 Å². The van der Waals surface area contributed by atoms with Crippen LogP contribution in [0, 0.1) is 25.2 Å². The van der Waals surface area contributed by atoms with E-state index < -0.39 is 15.6 Å². The molecule has 1 saturated carbocycles. The van der Waals surface area contributed by atoms with E-state index in [0.717, 1.165) is 29.5 Å². The maximum Gasteiger partial charge on any atom is 0.283 e. The first kappa shape index (κ1) is 32.9. The predicted molar refractivity (Wildman–Crippen MR) is 173 cm³/mol. The molecule has 5 rings (SSSR count). The van der Waals surface area contributed by atoms with Crippen LogP contribution >= 0.6 is 0 Å². The van der Waals surface area contributed by atoms with Crippen LogP contribution in [-0.2, 0) is 17.1 Å². The highest BCUT2D eigenvalue weighted by Gasteiger charge is 2.40. The van der Waals surface area contributed by atoms with Gasteiger partial charge < -0.3 is 14.7 Å². The summed E-state index contributed by atoms with van der Waals surface area (Å²) in [6.07, 6.45) is 3.59. The molecule has 3 aromatic rings. The number of amides is 1. The first-order valence-corrected chi connectivity index (χ1v) is 17.1. The zero-order valence-electron chi connectivity index (χ0n) is 27.6. The number of ether oxygens (including phenoxy) is 1. The lowest BCUT2D eigenvalue weighted by Gasteiger charge is -2.44. The lowest BCUT2D eigenvalue weighted by molar-refractivity contribution is -0.0189. The summed E-state index contributed by atoms with van der Waals surface area (Å²) < 4.78 is 37.4. The molecular weight excluding hydrogens is 592 g/mol. The smallest absolute Gasteiger partial charge is 0.283 e. The summed E-state index contributed by atoms with van der Waals surface area (Å²) in [6.45, 7) is 14.2. The van der Waals surface area contributed by atoms with Crippen molar-refractivity contribution in [1.29, 1.82) is 0 Å². The predicted octanol–water partition coefficient (Wildman–Crippen LogP) is 5.26. The molecule has 1 atom stereocenters. The first-order chi connectivity index (χ1) is 20.9. The van der Waals surface area contributed by atoms with Gasteiger partial charge in [0.1, 0.15) is 12.3 Å². The average molecular weight is 639 g/mol. The number of nitrogens with zero attached hydrogens (tertiary/aromatic N) is 5. The van der Waals surface area contributed by atoms with Crippen LogP contribution in [-0.4, -0.2) is 68.4 Å². The number of hydrogen-bond donors (Lipinski definition) is 2. The third-order valence-corrected chi connectivity index (χ3v) is 10.2. The van der Waals surface area contributed by atoms with Crippen LogP contribution in [0.4, 0.5) is 5.95 Å². The van der Waals surface area contributed by atoms with Gasteiger partial charge in [0, 0.05) is 30.8 Å². The van der Waals surface area contributed by atoms with Crippen molar-refractivity contribution in [2.75, 3.05) is 11.3 Å². The molecule has 2 aliphatic rings. The SMILES string of the molecule is Cc1cccc(C)c1-c1cc2nc(n1)NS(=O)(=O)c1cc(n(C)n1)C(=O)N(C1CCC(C(C)(C)O)CC1)[C@H](CC(C)(C)C)CO2. The molecule has 1 aromatic carbocycles. The molecule has 0 saturated heterocycles. The molecule has 12 heteroatoms. The van der Waals surface area contributed by atoms with Crippen molar-refractivity contribution in [3.8, 4) is 17.1 Å². The number of anilines is 1. The first-order valence-electron chi connectivity index (χ1n) is 15.6. The Morgan fingerprint density at radius 2 is 1.67 bits per heavy atom. The van der Waals surface area contributed by atoms with E-state index in [4.69, 9.17) is 4.74 Å². The summed E-state index contributed by atoms with van der Waals surface area (Å²) in [7, 11) is -2.67. The molecule has 0 unspecified atom stereocenters. The van der Waals surface area contributed by atoms with Crippen LogP contribution in [0.15, 0.2) is 35.4 Å². The molecule has 3 heterocycles. The zero-order valence-corrected chi connectivity index (χ0v) is 28.4. The highest BCUT2D eigenvalue weighted by atomic mass is 32.2. The van der Waals surface area contributed by atoms with Crippen LogP contribution in [0.2, 0.25) is 0 Å². The van der Waals surface area contributed by atoms with E-state index in [9.17, 15) is 18.3 Å². The average Bonchev–Trinajstić information content (AvgIpc) is 3.32. The van der Waals surface area contributed by atoms with Gasteiger partial charge in [-0.3, -0.25) is 9.48 Å². The third-order valence-electron chi connectivity index (χ3n) is 9.01. The monoisotopic (exact) mass is 638 g/mol. The van der Waals surface area contributed by atoms with Crippen LogP contribution in [0.5, 0.6) is 5.88 Å². The normalized spacial score (nSPS) is 22.5. The Morgan fingerprint density at radius 3 is 2.27 bits per heavy atom. The Labute approximate surface area is 266 Å². The molecule has 244 valence electrons. The second kappa shape index (κ2) is 12.0. The van der Waals surface area contributed by atoms with Gasteiger partial charge in [0.15, 0.2) is 5.03 Å².